The molecule has 1 aromatic rings. The molecule has 1 aliphatic heterocycles. The molecule has 4 heteroatoms. The number of ether oxygens (including phenoxy) is 1. The average Bonchev–Trinajstić information content (AvgIpc) is 2.69. The molecular formula is C11H13F2NO. The van der Waals surface area contributed by atoms with Crippen LogP contribution in [0.15, 0.2) is 18.2 Å². The minimum atomic E-state index is -0.714. The molecule has 1 saturated heterocycles. The number of hydrogen-bond acceptors (Lipinski definition) is 2. The van der Waals surface area contributed by atoms with E-state index in [-0.39, 0.29) is 11.7 Å². The summed E-state index contributed by atoms with van der Waals surface area (Å²) in [5, 5.41) is 0. The predicted octanol–water partition coefficient (Wildman–Crippen LogP) is 2.14. The van der Waals surface area contributed by atoms with Gasteiger partial charge in [-0.3, -0.25) is 0 Å². The summed E-state index contributed by atoms with van der Waals surface area (Å²) in [6.45, 7) is 0.619. The Morgan fingerprint density at radius 2 is 2.00 bits per heavy atom. The van der Waals surface area contributed by atoms with Crippen molar-refractivity contribution in [1.82, 2.24) is 0 Å². The first-order valence-corrected chi connectivity index (χ1v) is 5.01. The van der Waals surface area contributed by atoms with Crippen molar-refractivity contribution in [2.24, 2.45) is 5.73 Å². The maximum absolute atomic E-state index is 13.4. The summed E-state index contributed by atoms with van der Waals surface area (Å²) in [4.78, 5) is 0. The number of rotatable bonds is 2. The Balaban J connectivity index is 2.27. The molecule has 2 nitrogen and oxygen atoms in total. The summed E-state index contributed by atoms with van der Waals surface area (Å²) in [6.07, 6.45) is 1.39. The van der Waals surface area contributed by atoms with Crippen LogP contribution in [0.5, 0.6) is 0 Å². The molecule has 2 atom stereocenters. The summed E-state index contributed by atoms with van der Waals surface area (Å²) in [5.41, 5.74) is 5.73. The highest BCUT2D eigenvalue weighted by Crippen LogP contribution is 2.28. The molecule has 0 saturated carbocycles. The molecule has 2 unspecified atom stereocenters. The molecule has 15 heavy (non-hydrogen) atoms. The van der Waals surface area contributed by atoms with Crippen LogP contribution in [0.1, 0.15) is 24.4 Å². The zero-order valence-corrected chi connectivity index (χ0v) is 8.25. The van der Waals surface area contributed by atoms with Gasteiger partial charge in [0.2, 0.25) is 0 Å². The third-order valence-electron chi connectivity index (χ3n) is 2.70. The Labute approximate surface area is 87.0 Å². The van der Waals surface area contributed by atoms with Gasteiger partial charge in [0, 0.05) is 12.2 Å². The Hall–Kier alpha value is -1.00. The van der Waals surface area contributed by atoms with Gasteiger partial charge in [-0.1, -0.05) is 6.07 Å². The lowest BCUT2D eigenvalue weighted by atomic mass is 9.99. The van der Waals surface area contributed by atoms with Crippen molar-refractivity contribution in [3.8, 4) is 0 Å². The number of nitrogens with two attached hydrogens (primary N) is 1. The molecule has 0 amide bonds. The van der Waals surface area contributed by atoms with Crippen molar-refractivity contribution in [1.29, 1.82) is 0 Å². The van der Waals surface area contributed by atoms with E-state index >= 15 is 0 Å². The van der Waals surface area contributed by atoms with Crippen LogP contribution in [0.2, 0.25) is 0 Å². The van der Waals surface area contributed by atoms with Gasteiger partial charge < -0.3 is 10.5 Å². The molecule has 1 aromatic carbocycles. The first-order valence-electron chi connectivity index (χ1n) is 5.01. The Kier molecular flexibility index (Phi) is 2.98. The van der Waals surface area contributed by atoms with Gasteiger partial charge in [0.25, 0.3) is 0 Å². The third-order valence-corrected chi connectivity index (χ3v) is 2.70. The SMILES string of the molecule is NC(c1c(F)cccc1F)C1CCCO1. The van der Waals surface area contributed by atoms with Crippen molar-refractivity contribution in [3.63, 3.8) is 0 Å². The maximum Gasteiger partial charge on any atom is 0.131 e. The van der Waals surface area contributed by atoms with Gasteiger partial charge in [0.05, 0.1) is 12.1 Å². The molecule has 0 aliphatic carbocycles. The molecule has 2 rings (SSSR count). The van der Waals surface area contributed by atoms with Crippen LogP contribution in [-0.2, 0) is 4.74 Å². The van der Waals surface area contributed by atoms with Crippen LogP contribution < -0.4 is 5.73 Å². The van der Waals surface area contributed by atoms with E-state index < -0.39 is 17.7 Å². The van der Waals surface area contributed by atoms with Gasteiger partial charge in [-0.25, -0.2) is 8.78 Å². The Bertz CT molecular complexity index is 330. The van der Waals surface area contributed by atoms with Crippen molar-refractivity contribution in [2.75, 3.05) is 6.61 Å². The molecule has 1 heterocycles. The smallest absolute Gasteiger partial charge is 0.131 e. The van der Waals surface area contributed by atoms with E-state index in [1.54, 1.807) is 0 Å². The van der Waals surface area contributed by atoms with E-state index in [0.29, 0.717) is 6.61 Å². The Morgan fingerprint density at radius 1 is 1.33 bits per heavy atom. The monoisotopic (exact) mass is 213 g/mol. The average molecular weight is 213 g/mol. The van der Waals surface area contributed by atoms with Crippen molar-refractivity contribution >= 4 is 0 Å². The molecular weight excluding hydrogens is 200 g/mol. The summed E-state index contributed by atoms with van der Waals surface area (Å²) in [5.74, 6) is -1.20. The zero-order chi connectivity index (χ0) is 10.8. The molecule has 2 N–H and O–H groups in total. The first kappa shape index (κ1) is 10.5. The van der Waals surface area contributed by atoms with Gasteiger partial charge in [-0.2, -0.15) is 0 Å². The number of hydrogen-bond donors (Lipinski definition) is 1. The van der Waals surface area contributed by atoms with Crippen LogP contribution in [0.25, 0.3) is 0 Å². The number of benzene rings is 1. The molecule has 0 bridgehead atoms. The third kappa shape index (κ3) is 2.01. The fraction of sp³-hybridized carbons (Fsp3) is 0.455. The van der Waals surface area contributed by atoms with Gasteiger partial charge in [0.15, 0.2) is 0 Å². The highest BCUT2D eigenvalue weighted by Gasteiger charge is 2.28. The van der Waals surface area contributed by atoms with Crippen molar-refractivity contribution in [3.05, 3.63) is 35.4 Å². The van der Waals surface area contributed by atoms with E-state index in [4.69, 9.17) is 10.5 Å². The normalized spacial score (nSPS) is 23.0. The first-order chi connectivity index (χ1) is 7.20. The van der Waals surface area contributed by atoms with Crippen molar-refractivity contribution < 1.29 is 13.5 Å². The van der Waals surface area contributed by atoms with E-state index in [2.05, 4.69) is 0 Å². The Morgan fingerprint density at radius 3 is 2.53 bits per heavy atom. The van der Waals surface area contributed by atoms with Crippen LogP contribution >= 0.6 is 0 Å². The van der Waals surface area contributed by atoms with Crippen LogP contribution in [0, 0.1) is 11.6 Å². The minimum absolute atomic E-state index is 0.0654. The molecule has 0 aromatic heterocycles. The standard InChI is InChI=1S/C11H13F2NO/c12-7-3-1-4-8(13)10(7)11(14)9-5-2-6-15-9/h1,3-4,9,11H,2,5-6,14H2. The van der Waals surface area contributed by atoms with E-state index in [1.807, 2.05) is 0 Å². The van der Waals surface area contributed by atoms with Gasteiger partial charge in [-0.05, 0) is 25.0 Å². The highest BCUT2D eigenvalue weighted by molar-refractivity contribution is 5.24. The maximum atomic E-state index is 13.4. The predicted molar refractivity (Wildman–Crippen MR) is 52.3 cm³/mol. The second-order valence-electron chi connectivity index (χ2n) is 3.71. The van der Waals surface area contributed by atoms with Gasteiger partial charge in [-0.15, -0.1) is 0 Å². The second-order valence-corrected chi connectivity index (χ2v) is 3.71. The van der Waals surface area contributed by atoms with E-state index in [0.717, 1.165) is 12.8 Å². The van der Waals surface area contributed by atoms with Crippen LogP contribution in [0.4, 0.5) is 8.78 Å². The van der Waals surface area contributed by atoms with Crippen LogP contribution in [-0.4, -0.2) is 12.7 Å². The highest BCUT2D eigenvalue weighted by atomic mass is 19.1. The lowest BCUT2D eigenvalue weighted by Gasteiger charge is -2.19. The van der Waals surface area contributed by atoms with E-state index in [1.165, 1.54) is 18.2 Å². The molecule has 82 valence electrons. The fourth-order valence-electron chi connectivity index (χ4n) is 1.90. The fourth-order valence-corrected chi connectivity index (χ4v) is 1.90. The summed E-state index contributed by atoms with van der Waals surface area (Å²) in [6, 6.07) is 3.05. The summed E-state index contributed by atoms with van der Waals surface area (Å²) < 4.78 is 32.1. The minimum Gasteiger partial charge on any atom is -0.376 e. The lowest BCUT2D eigenvalue weighted by molar-refractivity contribution is 0.0879. The molecule has 0 spiro atoms. The van der Waals surface area contributed by atoms with Gasteiger partial charge in [0.1, 0.15) is 11.6 Å². The van der Waals surface area contributed by atoms with Gasteiger partial charge >= 0.3 is 0 Å². The summed E-state index contributed by atoms with van der Waals surface area (Å²) >= 11 is 0. The summed E-state index contributed by atoms with van der Waals surface area (Å²) in [7, 11) is 0. The van der Waals surface area contributed by atoms with Crippen molar-refractivity contribution in [2.45, 2.75) is 25.0 Å². The quantitative estimate of drug-likeness (QED) is 0.816. The largest absolute Gasteiger partial charge is 0.376 e. The molecule has 1 aliphatic rings. The van der Waals surface area contributed by atoms with Crippen LogP contribution in [0.3, 0.4) is 0 Å². The lowest BCUT2D eigenvalue weighted by Crippen LogP contribution is -2.27. The zero-order valence-electron chi connectivity index (χ0n) is 8.25. The van der Waals surface area contributed by atoms with E-state index in [9.17, 15) is 8.78 Å². The number of halogens is 2. The topological polar surface area (TPSA) is 35.2 Å². The molecule has 1 fully saturated rings. The second kappa shape index (κ2) is 4.24. The molecule has 0 radical (unpaired) electrons.